The number of nitrogens with one attached hydrogen (secondary N) is 1. The minimum absolute atomic E-state index is 0.0769. The van der Waals surface area contributed by atoms with Gasteiger partial charge in [0, 0.05) is 54.8 Å². The number of sulfone groups is 1. The zero-order valence-corrected chi connectivity index (χ0v) is 26.6. The van der Waals surface area contributed by atoms with Crippen LogP contribution in [0.3, 0.4) is 0 Å². The van der Waals surface area contributed by atoms with Crippen LogP contribution in [0.5, 0.6) is 0 Å². The molecule has 3 aromatic rings. The number of alkyl halides is 1. The monoisotopic (exact) mass is 614 g/mol. The van der Waals surface area contributed by atoms with Crippen molar-refractivity contribution >= 4 is 43.9 Å². The SMILES string of the molecule is CC(C)c1ccc(N2C[C@H](CS(C)(=O)=O)[C@H]2C)c2cnc(Nc3ccnc(N4CC[C@@H](OCC(C)(C)O)[C@@H](F)C4)n3)cc12. The van der Waals surface area contributed by atoms with E-state index in [0.717, 1.165) is 16.5 Å². The maximum atomic E-state index is 14.9. The fourth-order valence-electron chi connectivity index (χ4n) is 5.92. The Kier molecular flexibility index (Phi) is 8.84. The molecule has 0 amide bonds. The lowest BCUT2D eigenvalue weighted by atomic mass is 9.88. The van der Waals surface area contributed by atoms with Gasteiger partial charge >= 0.3 is 0 Å². The van der Waals surface area contributed by atoms with Crippen molar-refractivity contribution in [3.63, 3.8) is 0 Å². The van der Waals surface area contributed by atoms with E-state index in [1.165, 1.54) is 11.8 Å². The molecule has 10 nitrogen and oxygen atoms in total. The van der Waals surface area contributed by atoms with Gasteiger partial charge in [0.15, 0.2) is 0 Å². The molecule has 0 spiro atoms. The summed E-state index contributed by atoms with van der Waals surface area (Å²) >= 11 is 0. The second-order valence-electron chi connectivity index (χ2n) is 13.0. The molecule has 234 valence electrons. The fourth-order valence-corrected chi connectivity index (χ4v) is 7.08. The fraction of sp³-hybridized carbons (Fsp3) is 0.581. The maximum absolute atomic E-state index is 14.9. The summed E-state index contributed by atoms with van der Waals surface area (Å²) in [5.74, 6) is 2.19. The highest BCUT2D eigenvalue weighted by Gasteiger charge is 2.38. The first-order valence-electron chi connectivity index (χ1n) is 14.9. The van der Waals surface area contributed by atoms with Crippen LogP contribution in [-0.4, -0.2) is 90.6 Å². The average molecular weight is 615 g/mol. The molecule has 0 unspecified atom stereocenters. The summed E-state index contributed by atoms with van der Waals surface area (Å²) < 4.78 is 44.3. The predicted octanol–water partition coefficient (Wildman–Crippen LogP) is 4.47. The molecule has 2 saturated heterocycles. The normalized spacial score (nSPS) is 23.1. The van der Waals surface area contributed by atoms with E-state index in [2.05, 4.69) is 53.1 Å². The summed E-state index contributed by atoms with van der Waals surface area (Å²) in [5.41, 5.74) is 1.23. The zero-order valence-electron chi connectivity index (χ0n) is 25.8. The Morgan fingerprint density at radius 1 is 1.16 bits per heavy atom. The molecule has 4 atom stereocenters. The van der Waals surface area contributed by atoms with Crippen LogP contribution < -0.4 is 15.1 Å². The number of hydrogen-bond donors (Lipinski definition) is 2. The number of benzene rings is 1. The third kappa shape index (κ3) is 7.35. The molecule has 12 heteroatoms. The molecule has 5 rings (SSSR count). The van der Waals surface area contributed by atoms with Crippen LogP contribution in [0.15, 0.2) is 36.7 Å². The number of ether oxygens (including phenoxy) is 1. The van der Waals surface area contributed by atoms with Gasteiger partial charge in [0.05, 0.1) is 30.6 Å². The quantitative estimate of drug-likeness (QED) is 0.339. The van der Waals surface area contributed by atoms with Crippen molar-refractivity contribution in [2.24, 2.45) is 5.92 Å². The Morgan fingerprint density at radius 2 is 1.93 bits per heavy atom. The number of piperidine rings is 1. The van der Waals surface area contributed by atoms with E-state index in [1.807, 2.05) is 17.2 Å². The van der Waals surface area contributed by atoms with E-state index >= 15 is 0 Å². The third-order valence-corrected chi connectivity index (χ3v) is 9.31. The van der Waals surface area contributed by atoms with E-state index in [-0.39, 0.29) is 36.8 Å². The minimum atomic E-state index is -3.03. The van der Waals surface area contributed by atoms with E-state index in [4.69, 9.17) is 9.72 Å². The van der Waals surface area contributed by atoms with Crippen molar-refractivity contribution in [2.45, 2.75) is 70.9 Å². The van der Waals surface area contributed by atoms with Gasteiger partial charge < -0.3 is 25.0 Å². The average Bonchev–Trinajstić information content (AvgIpc) is 2.92. The van der Waals surface area contributed by atoms with E-state index in [1.54, 1.807) is 26.1 Å². The summed E-state index contributed by atoms with van der Waals surface area (Å²) in [6.07, 6.45) is 3.48. The number of aromatic nitrogens is 3. The predicted molar refractivity (Wildman–Crippen MR) is 169 cm³/mol. The number of hydrogen-bond acceptors (Lipinski definition) is 10. The van der Waals surface area contributed by atoms with Crippen molar-refractivity contribution in [1.82, 2.24) is 15.0 Å². The van der Waals surface area contributed by atoms with Crippen LogP contribution >= 0.6 is 0 Å². The first-order chi connectivity index (χ1) is 20.2. The standard InChI is InChI=1S/C31H43FN6O4S/c1-19(2)22-7-8-26(38-15-21(20(38)3)17-43(6,40)41)24-14-34-29(13-23(22)24)35-28-9-11-33-30(36-28)37-12-10-27(25(32)16-37)42-18-31(4,5)39/h7-9,11,13-14,19-21,25,27,39H,10,12,15-18H2,1-6H3,(H,33,34,35,36)/t20-,21-,25+,27-/m1/s1. The molecule has 43 heavy (non-hydrogen) atoms. The summed E-state index contributed by atoms with van der Waals surface area (Å²) in [4.78, 5) is 17.8. The smallest absolute Gasteiger partial charge is 0.227 e. The highest BCUT2D eigenvalue weighted by Crippen LogP contribution is 2.39. The van der Waals surface area contributed by atoms with E-state index in [0.29, 0.717) is 37.1 Å². The van der Waals surface area contributed by atoms with Crippen LogP contribution in [-0.2, 0) is 14.6 Å². The van der Waals surface area contributed by atoms with Crippen LogP contribution in [0.25, 0.3) is 10.8 Å². The first-order valence-corrected chi connectivity index (χ1v) is 16.9. The zero-order chi connectivity index (χ0) is 31.1. The van der Waals surface area contributed by atoms with Crippen molar-refractivity contribution in [2.75, 3.05) is 53.4 Å². The molecule has 2 aliphatic heterocycles. The van der Waals surface area contributed by atoms with Gasteiger partial charge in [-0.3, -0.25) is 0 Å². The number of rotatable bonds is 10. The van der Waals surface area contributed by atoms with Gasteiger partial charge in [-0.1, -0.05) is 19.9 Å². The molecule has 1 aromatic carbocycles. The Morgan fingerprint density at radius 3 is 2.58 bits per heavy atom. The molecule has 2 aromatic heterocycles. The molecular formula is C31H43FN6O4S. The van der Waals surface area contributed by atoms with Gasteiger partial charge in [-0.25, -0.2) is 22.8 Å². The molecule has 0 saturated carbocycles. The molecule has 0 aliphatic carbocycles. The number of fused-ring (bicyclic) bond motifs is 1. The number of aliphatic hydroxyl groups is 1. The second kappa shape index (κ2) is 12.1. The van der Waals surface area contributed by atoms with Crippen LogP contribution in [0, 0.1) is 5.92 Å². The van der Waals surface area contributed by atoms with Gasteiger partial charge in [0.25, 0.3) is 0 Å². The maximum Gasteiger partial charge on any atom is 0.227 e. The highest BCUT2D eigenvalue weighted by molar-refractivity contribution is 7.90. The number of anilines is 4. The van der Waals surface area contributed by atoms with Crippen molar-refractivity contribution in [3.05, 3.63) is 42.2 Å². The topological polar surface area (TPSA) is 121 Å². The highest BCUT2D eigenvalue weighted by atomic mass is 32.2. The molecule has 0 bridgehead atoms. The van der Waals surface area contributed by atoms with Gasteiger partial charge in [0.1, 0.15) is 27.6 Å². The third-order valence-electron chi connectivity index (χ3n) is 8.28. The number of pyridine rings is 1. The van der Waals surface area contributed by atoms with Crippen molar-refractivity contribution in [1.29, 1.82) is 0 Å². The molecule has 2 N–H and O–H groups in total. The largest absolute Gasteiger partial charge is 0.388 e. The lowest BCUT2D eigenvalue weighted by Crippen LogP contribution is -2.57. The van der Waals surface area contributed by atoms with Gasteiger partial charge in [-0.2, -0.15) is 4.98 Å². The Balaban J connectivity index is 1.33. The summed E-state index contributed by atoms with van der Waals surface area (Å²) in [6.45, 7) is 11.1. The molecule has 2 fully saturated rings. The van der Waals surface area contributed by atoms with Crippen LogP contribution in [0.4, 0.5) is 27.7 Å². The Bertz CT molecular complexity index is 1560. The van der Waals surface area contributed by atoms with E-state index in [9.17, 15) is 17.9 Å². The minimum Gasteiger partial charge on any atom is -0.388 e. The van der Waals surface area contributed by atoms with Gasteiger partial charge in [-0.15, -0.1) is 0 Å². The Labute approximate surface area is 253 Å². The Hall–Kier alpha value is -3.09. The van der Waals surface area contributed by atoms with Gasteiger partial charge in [-0.05, 0) is 62.3 Å². The second-order valence-corrected chi connectivity index (χ2v) is 15.2. The number of nitrogens with zero attached hydrogens (tertiary/aromatic N) is 5. The van der Waals surface area contributed by atoms with Crippen molar-refractivity contribution in [3.8, 4) is 0 Å². The molecule has 2 aliphatic rings. The lowest BCUT2D eigenvalue weighted by Gasteiger charge is -2.48. The first kappa shape index (κ1) is 31.3. The summed E-state index contributed by atoms with van der Waals surface area (Å²) in [5, 5.41) is 15.3. The summed E-state index contributed by atoms with van der Waals surface area (Å²) in [6, 6.07) is 8.16. The van der Waals surface area contributed by atoms with Crippen LogP contribution in [0.2, 0.25) is 0 Å². The van der Waals surface area contributed by atoms with E-state index < -0.39 is 27.7 Å². The molecular weight excluding hydrogens is 571 g/mol. The van der Waals surface area contributed by atoms with Gasteiger partial charge in [0.2, 0.25) is 5.95 Å². The van der Waals surface area contributed by atoms with Crippen LogP contribution in [0.1, 0.15) is 52.5 Å². The summed E-state index contributed by atoms with van der Waals surface area (Å²) in [7, 11) is -3.03. The number of halogens is 1. The molecule has 0 radical (unpaired) electrons. The lowest BCUT2D eigenvalue weighted by molar-refractivity contribution is -0.0806. The van der Waals surface area contributed by atoms with Crippen molar-refractivity contribution < 1.29 is 22.7 Å². The molecule has 4 heterocycles.